The Labute approximate surface area is 114 Å². The van der Waals surface area contributed by atoms with E-state index in [1.54, 1.807) is 23.7 Å². The average Bonchev–Trinajstić information content (AvgIpc) is 2.82. The van der Waals surface area contributed by atoms with E-state index in [-0.39, 0.29) is 0 Å². The van der Waals surface area contributed by atoms with Gasteiger partial charge in [-0.05, 0) is 30.3 Å². The fourth-order valence-corrected chi connectivity index (χ4v) is 3.02. The van der Waals surface area contributed by atoms with Gasteiger partial charge < -0.3 is 4.74 Å². The highest BCUT2D eigenvalue weighted by Crippen LogP contribution is 2.31. The first kappa shape index (κ1) is 11.5. The summed E-state index contributed by atoms with van der Waals surface area (Å²) in [5.41, 5.74) is 0. The minimum Gasteiger partial charge on any atom is -0.486 e. The van der Waals surface area contributed by atoms with Crippen LogP contribution in [0.3, 0.4) is 0 Å². The number of thiophene rings is 1. The lowest BCUT2D eigenvalue weighted by molar-refractivity contribution is 0.308. The highest BCUT2D eigenvalue weighted by atomic mass is 35.5. The van der Waals surface area contributed by atoms with Crippen LogP contribution in [0.1, 0.15) is 4.88 Å². The van der Waals surface area contributed by atoms with Crippen LogP contribution in [-0.2, 0) is 6.61 Å². The van der Waals surface area contributed by atoms with Gasteiger partial charge in [0.2, 0.25) is 0 Å². The zero-order valence-electron chi connectivity index (χ0n) is 9.47. The van der Waals surface area contributed by atoms with Gasteiger partial charge in [0.15, 0.2) is 0 Å². The van der Waals surface area contributed by atoms with Crippen LogP contribution in [0, 0.1) is 0 Å². The van der Waals surface area contributed by atoms with Crippen molar-refractivity contribution in [2.24, 2.45) is 0 Å². The lowest BCUT2D eigenvalue weighted by Gasteiger charge is -2.02. The van der Waals surface area contributed by atoms with Crippen molar-refractivity contribution >= 4 is 33.0 Å². The molecule has 0 bridgehead atoms. The molecule has 0 saturated heterocycles. The largest absolute Gasteiger partial charge is 0.486 e. The molecule has 0 amide bonds. The smallest absolute Gasteiger partial charge is 0.138 e. The van der Waals surface area contributed by atoms with Gasteiger partial charge in [0.25, 0.3) is 0 Å². The lowest BCUT2D eigenvalue weighted by atomic mass is 10.2. The normalized spacial score (nSPS) is 10.7. The van der Waals surface area contributed by atoms with Crippen molar-refractivity contribution in [3.8, 4) is 5.75 Å². The first-order chi connectivity index (χ1) is 8.83. The number of aromatic nitrogens is 1. The number of nitrogens with zero attached hydrogens (tertiary/aromatic N) is 1. The van der Waals surface area contributed by atoms with Crippen molar-refractivity contribution in [1.29, 1.82) is 0 Å². The van der Waals surface area contributed by atoms with Gasteiger partial charge in [0.1, 0.15) is 12.4 Å². The van der Waals surface area contributed by atoms with Crippen LogP contribution in [0.15, 0.2) is 48.8 Å². The highest BCUT2D eigenvalue weighted by Gasteiger charge is 2.05. The average molecular weight is 276 g/mol. The monoisotopic (exact) mass is 275 g/mol. The molecule has 0 radical (unpaired) electrons. The summed E-state index contributed by atoms with van der Waals surface area (Å²) in [6.07, 6.45) is 3.44. The van der Waals surface area contributed by atoms with Crippen molar-refractivity contribution in [2.75, 3.05) is 0 Å². The standard InChI is InChI=1S/C14H10ClNOS/c15-13-4-1-5-14-12(13)7-11(18-14)9-17-10-3-2-6-16-8-10/h1-8H,9H2. The summed E-state index contributed by atoms with van der Waals surface area (Å²) in [7, 11) is 0. The Kier molecular flexibility index (Phi) is 3.17. The first-order valence-corrected chi connectivity index (χ1v) is 6.72. The van der Waals surface area contributed by atoms with Crippen molar-refractivity contribution < 1.29 is 4.74 Å². The topological polar surface area (TPSA) is 22.1 Å². The molecular formula is C14H10ClNOS. The maximum absolute atomic E-state index is 6.14. The maximum atomic E-state index is 6.14. The Morgan fingerprint density at radius 3 is 2.94 bits per heavy atom. The Morgan fingerprint density at radius 1 is 1.22 bits per heavy atom. The van der Waals surface area contributed by atoms with Gasteiger partial charge in [0.05, 0.1) is 6.20 Å². The van der Waals surface area contributed by atoms with Crippen LogP contribution >= 0.6 is 22.9 Å². The fraction of sp³-hybridized carbons (Fsp3) is 0.0714. The van der Waals surface area contributed by atoms with Crippen LogP contribution in [0.25, 0.3) is 10.1 Å². The summed E-state index contributed by atoms with van der Waals surface area (Å²) < 4.78 is 6.85. The molecule has 3 aromatic rings. The number of halogens is 1. The molecule has 0 saturated carbocycles. The van der Waals surface area contributed by atoms with Crippen molar-refractivity contribution in [2.45, 2.75) is 6.61 Å². The highest BCUT2D eigenvalue weighted by molar-refractivity contribution is 7.19. The van der Waals surface area contributed by atoms with Crippen LogP contribution in [0.4, 0.5) is 0 Å². The van der Waals surface area contributed by atoms with Gasteiger partial charge in [-0.2, -0.15) is 0 Å². The van der Waals surface area contributed by atoms with Gasteiger partial charge in [-0.3, -0.25) is 4.98 Å². The van der Waals surface area contributed by atoms with E-state index in [4.69, 9.17) is 16.3 Å². The zero-order chi connectivity index (χ0) is 12.4. The van der Waals surface area contributed by atoms with Gasteiger partial charge in [0, 0.05) is 26.2 Å². The molecule has 0 unspecified atom stereocenters. The molecule has 0 spiro atoms. The molecule has 4 heteroatoms. The predicted molar refractivity (Wildman–Crippen MR) is 75.4 cm³/mol. The van der Waals surface area contributed by atoms with Gasteiger partial charge in [-0.1, -0.05) is 17.7 Å². The fourth-order valence-electron chi connectivity index (χ4n) is 1.74. The summed E-state index contributed by atoms with van der Waals surface area (Å²) in [6.45, 7) is 0.543. The Morgan fingerprint density at radius 2 is 2.17 bits per heavy atom. The van der Waals surface area contributed by atoms with Gasteiger partial charge in [-0.15, -0.1) is 11.3 Å². The van der Waals surface area contributed by atoms with E-state index in [0.717, 1.165) is 21.0 Å². The van der Waals surface area contributed by atoms with Crippen molar-refractivity contribution in [3.05, 3.63) is 58.7 Å². The summed E-state index contributed by atoms with van der Waals surface area (Å²) in [4.78, 5) is 5.17. The van der Waals surface area contributed by atoms with Gasteiger partial charge in [-0.25, -0.2) is 0 Å². The number of pyridine rings is 1. The molecular weight excluding hydrogens is 266 g/mol. The van der Waals surface area contributed by atoms with E-state index in [1.807, 2.05) is 24.3 Å². The molecule has 0 fully saturated rings. The SMILES string of the molecule is Clc1cccc2sc(COc3cccnc3)cc12. The van der Waals surface area contributed by atoms with Crippen LogP contribution < -0.4 is 4.74 Å². The maximum Gasteiger partial charge on any atom is 0.138 e. The third-order valence-electron chi connectivity index (χ3n) is 2.57. The summed E-state index contributed by atoms with van der Waals surface area (Å²) in [5, 5.41) is 1.88. The molecule has 0 aliphatic rings. The number of benzene rings is 1. The third-order valence-corrected chi connectivity index (χ3v) is 3.98. The number of hydrogen-bond acceptors (Lipinski definition) is 3. The van der Waals surface area contributed by atoms with Crippen molar-refractivity contribution in [3.63, 3.8) is 0 Å². The second-order valence-corrected chi connectivity index (χ2v) is 5.42. The molecule has 2 aromatic heterocycles. The molecule has 2 nitrogen and oxygen atoms in total. The molecule has 0 aliphatic heterocycles. The summed E-state index contributed by atoms with van der Waals surface area (Å²) in [5.74, 6) is 0.779. The summed E-state index contributed by atoms with van der Waals surface area (Å²) in [6, 6.07) is 11.8. The van der Waals surface area contributed by atoms with E-state index in [9.17, 15) is 0 Å². The minimum atomic E-state index is 0.543. The van der Waals surface area contributed by atoms with Crippen molar-refractivity contribution in [1.82, 2.24) is 4.98 Å². The van der Waals surface area contributed by atoms with Crippen LogP contribution in [0.2, 0.25) is 5.02 Å². The Bertz CT molecular complexity index is 666. The molecule has 2 heterocycles. The molecule has 18 heavy (non-hydrogen) atoms. The van der Waals surface area contributed by atoms with E-state index < -0.39 is 0 Å². The predicted octanol–water partition coefficient (Wildman–Crippen LogP) is 4.53. The lowest BCUT2D eigenvalue weighted by Crippen LogP contribution is -1.92. The van der Waals surface area contributed by atoms with Crippen LogP contribution in [-0.4, -0.2) is 4.98 Å². The first-order valence-electron chi connectivity index (χ1n) is 5.53. The molecule has 0 atom stereocenters. The molecule has 1 aromatic carbocycles. The van der Waals surface area contributed by atoms with E-state index in [0.29, 0.717) is 6.61 Å². The third kappa shape index (κ3) is 2.33. The Hall–Kier alpha value is -1.58. The second-order valence-electron chi connectivity index (χ2n) is 3.84. The number of hydrogen-bond donors (Lipinski definition) is 0. The summed E-state index contributed by atoms with van der Waals surface area (Å²) >= 11 is 7.84. The molecule has 3 rings (SSSR count). The van der Waals surface area contributed by atoms with E-state index in [1.165, 1.54) is 4.70 Å². The second kappa shape index (κ2) is 4.96. The Balaban J connectivity index is 1.81. The van der Waals surface area contributed by atoms with E-state index >= 15 is 0 Å². The molecule has 90 valence electrons. The molecule has 0 aliphatic carbocycles. The number of fused-ring (bicyclic) bond motifs is 1. The zero-order valence-corrected chi connectivity index (χ0v) is 11.0. The molecule has 0 N–H and O–H groups in total. The number of rotatable bonds is 3. The quantitative estimate of drug-likeness (QED) is 0.701. The number of ether oxygens (including phenoxy) is 1. The minimum absolute atomic E-state index is 0.543. The van der Waals surface area contributed by atoms with Crippen LogP contribution in [0.5, 0.6) is 5.75 Å². The van der Waals surface area contributed by atoms with E-state index in [2.05, 4.69) is 17.1 Å². The van der Waals surface area contributed by atoms with Gasteiger partial charge >= 0.3 is 0 Å².